The van der Waals surface area contributed by atoms with Crippen LogP contribution in [0.1, 0.15) is 39.8 Å². The number of hydrogen-bond acceptors (Lipinski definition) is 7. The van der Waals surface area contributed by atoms with Crippen LogP contribution in [0.15, 0.2) is 40.3 Å². The third kappa shape index (κ3) is 5.12. The van der Waals surface area contributed by atoms with Gasteiger partial charge in [0.2, 0.25) is 5.91 Å². The number of aryl methyl sites for hydroxylation is 1. The molecular formula is C20H20BrN5O2S2. The van der Waals surface area contributed by atoms with Gasteiger partial charge in [0.1, 0.15) is 0 Å². The number of likely N-dealkylation sites (tertiary alicyclic amines) is 1. The van der Waals surface area contributed by atoms with Crippen LogP contribution in [-0.2, 0) is 4.79 Å². The largest absolute Gasteiger partial charge is 0.301 e. The van der Waals surface area contributed by atoms with Crippen molar-refractivity contribution in [2.24, 2.45) is 0 Å². The van der Waals surface area contributed by atoms with Crippen molar-refractivity contribution in [2.45, 2.75) is 25.8 Å². The number of amides is 2. The fourth-order valence-electron chi connectivity index (χ4n) is 3.37. The van der Waals surface area contributed by atoms with Gasteiger partial charge in [-0.1, -0.05) is 15.9 Å². The second kappa shape index (κ2) is 9.34. The predicted molar refractivity (Wildman–Crippen MR) is 123 cm³/mol. The number of nitrogens with zero attached hydrogens (tertiary/aromatic N) is 3. The first kappa shape index (κ1) is 21.1. The predicted octanol–water partition coefficient (Wildman–Crippen LogP) is 4.70. The van der Waals surface area contributed by atoms with Gasteiger partial charge in [0.05, 0.1) is 18.3 Å². The molecule has 1 saturated heterocycles. The van der Waals surface area contributed by atoms with Crippen molar-refractivity contribution in [2.75, 3.05) is 23.7 Å². The quantitative estimate of drug-likeness (QED) is 0.506. The second-order valence-electron chi connectivity index (χ2n) is 6.99. The zero-order chi connectivity index (χ0) is 21.1. The molecule has 1 atom stereocenters. The number of anilines is 2. The van der Waals surface area contributed by atoms with Crippen molar-refractivity contribution in [3.63, 3.8) is 0 Å². The van der Waals surface area contributed by atoms with Crippen molar-refractivity contribution in [3.05, 3.63) is 56.4 Å². The van der Waals surface area contributed by atoms with Crippen LogP contribution in [-0.4, -0.2) is 39.8 Å². The van der Waals surface area contributed by atoms with Crippen LogP contribution in [0.4, 0.5) is 10.3 Å². The Kier molecular flexibility index (Phi) is 6.57. The number of rotatable bonds is 6. The minimum absolute atomic E-state index is 0.0726. The van der Waals surface area contributed by atoms with Crippen molar-refractivity contribution in [1.29, 1.82) is 0 Å². The number of benzene rings is 1. The number of carbonyl (C=O) groups is 2. The summed E-state index contributed by atoms with van der Waals surface area (Å²) in [4.78, 5) is 36.8. The van der Waals surface area contributed by atoms with Gasteiger partial charge in [-0.3, -0.25) is 19.8 Å². The molecular weight excluding hydrogens is 486 g/mol. The zero-order valence-electron chi connectivity index (χ0n) is 16.2. The molecule has 0 spiro atoms. The molecule has 4 rings (SSSR count). The van der Waals surface area contributed by atoms with Crippen LogP contribution >= 0.6 is 38.6 Å². The Hall–Kier alpha value is -2.14. The summed E-state index contributed by atoms with van der Waals surface area (Å²) in [5, 5.41) is 8.87. The van der Waals surface area contributed by atoms with Crippen molar-refractivity contribution >= 4 is 60.7 Å². The van der Waals surface area contributed by atoms with E-state index in [1.54, 1.807) is 18.3 Å². The van der Waals surface area contributed by atoms with E-state index in [9.17, 15) is 9.59 Å². The van der Waals surface area contributed by atoms with Gasteiger partial charge >= 0.3 is 0 Å². The Bertz CT molecular complexity index is 1050. The first-order chi connectivity index (χ1) is 14.5. The SMILES string of the molecule is Cc1cnc(NC(=O)CN2CCC[C@@H]2c2csc(NC(=O)c3ccc(Br)cc3)n2)s1. The van der Waals surface area contributed by atoms with Gasteiger partial charge in [0.25, 0.3) is 5.91 Å². The summed E-state index contributed by atoms with van der Waals surface area (Å²) in [5.74, 6) is -0.264. The minimum Gasteiger partial charge on any atom is -0.301 e. The highest BCUT2D eigenvalue weighted by molar-refractivity contribution is 9.10. The number of nitrogens with one attached hydrogen (secondary N) is 2. The molecule has 2 N–H and O–H groups in total. The van der Waals surface area contributed by atoms with Gasteiger partial charge in [0, 0.05) is 26.5 Å². The molecule has 1 fully saturated rings. The van der Waals surface area contributed by atoms with E-state index < -0.39 is 0 Å². The maximum Gasteiger partial charge on any atom is 0.257 e. The lowest BCUT2D eigenvalue weighted by Crippen LogP contribution is -2.33. The van der Waals surface area contributed by atoms with Crippen LogP contribution in [0.5, 0.6) is 0 Å². The van der Waals surface area contributed by atoms with E-state index in [1.807, 2.05) is 24.4 Å². The average Bonchev–Trinajstić information content (AvgIpc) is 3.44. The summed E-state index contributed by atoms with van der Waals surface area (Å²) >= 11 is 6.23. The molecule has 30 heavy (non-hydrogen) atoms. The summed E-state index contributed by atoms with van der Waals surface area (Å²) in [6, 6.07) is 7.25. The van der Waals surface area contributed by atoms with E-state index in [0.29, 0.717) is 22.4 Å². The molecule has 156 valence electrons. The first-order valence-electron chi connectivity index (χ1n) is 9.46. The Morgan fingerprint density at radius 3 is 2.77 bits per heavy atom. The maximum atomic E-state index is 12.4. The summed E-state index contributed by atoms with van der Waals surface area (Å²) in [5.41, 5.74) is 1.47. The smallest absolute Gasteiger partial charge is 0.257 e. The molecule has 1 aliphatic rings. The second-order valence-corrected chi connectivity index (χ2v) is 10.00. The van der Waals surface area contributed by atoms with Crippen molar-refractivity contribution in [3.8, 4) is 0 Å². The zero-order valence-corrected chi connectivity index (χ0v) is 19.4. The topological polar surface area (TPSA) is 87.2 Å². The van der Waals surface area contributed by atoms with Gasteiger partial charge in [-0.15, -0.1) is 22.7 Å². The monoisotopic (exact) mass is 505 g/mol. The molecule has 1 aromatic carbocycles. The van der Waals surface area contributed by atoms with E-state index in [4.69, 9.17) is 0 Å². The normalized spacial score (nSPS) is 16.5. The Labute approximate surface area is 190 Å². The van der Waals surface area contributed by atoms with E-state index in [1.165, 1.54) is 22.7 Å². The third-order valence-corrected chi connectivity index (χ3v) is 6.90. The van der Waals surface area contributed by atoms with E-state index in [2.05, 4.69) is 41.4 Å². The highest BCUT2D eigenvalue weighted by Crippen LogP contribution is 2.33. The fourth-order valence-corrected chi connectivity index (χ4v) is 5.07. The van der Waals surface area contributed by atoms with E-state index >= 15 is 0 Å². The molecule has 7 nitrogen and oxygen atoms in total. The van der Waals surface area contributed by atoms with Crippen molar-refractivity contribution in [1.82, 2.24) is 14.9 Å². The number of carbonyl (C=O) groups excluding carboxylic acids is 2. The molecule has 2 amide bonds. The molecule has 1 aliphatic heterocycles. The van der Waals surface area contributed by atoms with E-state index in [-0.39, 0.29) is 17.9 Å². The summed E-state index contributed by atoms with van der Waals surface area (Å²) in [6.45, 7) is 3.09. The maximum absolute atomic E-state index is 12.4. The lowest BCUT2D eigenvalue weighted by atomic mass is 10.2. The van der Waals surface area contributed by atoms with Crippen molar-refractivity contribution < 1.29 is 9.59 Å². The first-order valence-corrected chi connectivity index (χ1v) is 12.0. The van der Waals surface area contributed by atoms with Gasteiger partial charge in [-0.25, -0.2) is 9.97 Å². The molecule has 2 aromatic heterocycles. The minimum atomic E-state index is -0.190. The fraction of sp³-hybridized carbons (Fsp3) is 0.300. The molecule has 0 bridgehead atoms. The summed E-state index contributed by atoms with van der Waals surface area (Å²) in [6.07, 6.45) is 3.69. The highest BCUT2D eigenvalue weighted by Gasteiger charge is 2.29. The number of hydrogen-bond donors (Lipinski definition) is 2. The van der Waals surface area contributed by atoms with Crippen LogP contribution < -0.4 is 10.6 Å². The van der Waals surface area contributed by atoms with Crippen LogP contribution in [0.25, 0.3) is 0 Å². The molecule has 10 heteroatoms. The average molecular weight is 506 g/mol. The Balaban J connectivity index is 1.37. The Morgan fingerprint density at radius 2 is 2.03 bits per heavy atom. The highest BCUT2D eigenvalue weighted by atomic mass is 79.9. The number of halogens is 1. The Morgan fingerprint density at radius 1 is 1.23 bits per heavy atom. The molecule has 0 aliphatic carbocycles. The van der Waals surface area contributed by atoms with Gasteiger partial charge < -0.3 is 5.32 Å². The molecule has 0 radical (unpaired) electrons. The van der Waals surface area contributed by atoms with Crippen LogP contribution in [0, 0.1) is 6.92 Å². The van der Waals surface area contributed by atoms with E-state index in [0.717, 1.165) is 34.4 Å². The lowest BCUT2D eigenvalue weighted by Gasteiger charge is -2.22. The summed E-state index contributed by atoms with van der Waals surface area (Å²) < 4.78 is 0.922. The number of thiazole rings is 2. The lowest BCUT2D eigenvalue weighted by molar-refractivity contribution is -0.117. The molecule has 3 heterocycles. The number of aromatic nitrogens is 2. The van der Waals surface area contributed by atoms with Crippen LogP contribution in [0.3, 0.4) is 0 Å². The van der Waals surface area contributed by atoms with Gasteiger partial charge in [0.15, 0.2) is 10.3 Å². The molecule has 3 aromatic rings. The summed E-state index contributed by atoms with van der Waals surface area (Å²) in [7, 11) is 0. The van der Waals surface area contributed by atoms with Gasteiger partial charge in [-0.2, -0.15) is 0 Å². The molecule has 0 unspecified atom stereocenters. The van der Waals surface area contributed by atoms with Crippen LogP contribution in [0.2, 0.25) is 0 Å². The molecule has 0 saturated carbocycles. The van der Waals surface area contributed by atoms with Gasteiger partial charge in [-0.05, 0) is 50.6 Å². The standard InChI is InChI=1S/C20H20BrN5O2S2/c1-12-9-22-19(30-12)24-17(27)10-26-8-2-3-16(26)15-11-29-20(23-15)25-18(28)13-4-6-14(21)7-5-13/h4-7,9,11,16H,2-3,8,10H2,1H3,(H,22,24,27)(H,23,25,28)/t16-/m1/s1. The third-order valence-electron chi connectivity index (χ3n) is 4.77.